The Labute approximate surface area is 198 Å². The summed E-state index contributed by atoms with van der Waals surface area (Å²) in [4.78, 5) is 5.07. The third-order valence-corrected chi connectivity index (χ3v) is 9.35. The lowest BCUT2D eigenvalue weighted by molar-refractivity contribution is 0.0960. The molecule has 3 aromatic rings. The Morgan fingerprint density at radius 3 is 2.76 bits per heavy atom. The lowest BCUT2D eigenvalue weighted by atomic mass is 10.1. The first-order chi connectivity index (χ1) is 15.9. The van der Waals surface area contributed by atoms with Crippen LogP contribution in [-0.4, -0.2) is 48.1 Å². The van der Waals surface area contributed by atoms with Crippen LogP contribution >= 0.6 is 11.8 Å². The summed E-state index contributed by atoms with van der Waals surface area (Å²) < 4.78 is 50.1. The van der Waals surface area contributed by atoms with Crippen molar-refractivity contribution in [2.24, 2.45) is 0 Å². The van der Waals surface area contributed by atoms with Crippen LogP contribution in [0.4, 0.5) is 4.39 Å². The SMILES string of the molecule is Cc1cccc(CSc2nc3cc(S(=O)(=O)N4CCCC4)ccc3n2C[C@H]2CCCO2)c1F. The fourth-order valence-corrected chi connectivity index (χ4v) is 7.10. The van der Waals surface area contributed by atoms with E-state index in [4.69, 9.17) is 9.72 Å². The van der Waals surface area contributed by atoms with Crippen LogP contribution in [0.5, 0.6) is 0 Å². The highest BCUT2D eigenvalue weighted by molar-refractivity contribution is 7.98. The van der Waals surface area contributed by atoms with Crippen LogP contribution in [0.3, 0.4) is 0 Å². The summed E-state index contributed by atoms with van der Waals surface area (Å²) in [5.74, 6) is 0.257. The molecule has 2 saturated heterocycles. The van der Waals surface area contributed by atoms with Crippen molar-refractivity contribution in [3.63, 3.8) is 0 Å². The van der Waals surface area contributed by atoms with Gasteiger partial charge in [-0.2, -0.15) is 4.31 Å². The lowest BCUT2D eigenvalue weighted by Crippen LogP contribution is -2.27. The molecule has 0 aliphatic carbocycles. The Hall–Kier alpha value is -1.94. The van der Waals surface area contributed by atoms with Gasteiger partial charge in [0.25, 0.3) is 0 Å². The van der Waals surface area contributed by atoms with Gasteiger partial charge in [-0.15, -0.1) is 0 Å². The van der Waals surface area contributed by atoms with Crippen molar-refractivity contribution in [2.75, 3.05) is 19.7 Å². The Bertz CT molecular complexity index is 1260. The molecular weight excluding hydrogens is 461 g/mol. The monoisotopic (exact) mass is 489 g/mol. The largest absolute Gasteiger partial charge is 0.376 e. The maximum absolute atomic E-state index is 14.5. The molecule has 176 valence electrons. The van der Waals surface area contributed by atoms with Gasteiger partial charge in [-0.3, -0.25) is 0 Å². The van der Waals surface area contributed by atoms with Crippen molar-refractivity contribution >= 4 is 32.8 Å². The standard InChI is InChI=1S/C24H28FN3O3S2/c1-17-6-4-7-18(23(17)25)16-32-24-26-21-14-20(33(29,30)27-11-2-3-12-27)9-10-22(21)28(24)15-19-8-5-13-31-19/h4,6-7,9-10,14,19H,2-3,5,8,11-13,15-16H2,1H3/t19-/m1/s1. The van der Waals surface area contributed by atoms with E-state index in [1.54, 1.807) is 35.5 Å². The molecule has 0 radical (unpaired) electrons. The fraction of sp³-hybridized carbons (Fsp3) is 0.458. The number of sulfonamides is 1. The summed E-state index contributed by atoms with van der Waals surface area (Å²) in [6, 6.07) is 10.6. The zero-order chi connectivity index (χ0) is 23.0. The van der Waals surface area contributed by atoms with E-state index in [-0.39, 0.29) is 16.8 Å². The Morgan fingerprint density at radius 1 is 1.18 bits per heavy atom. The first-order valence-corrected chi connectivity index (χ1v) is 13.8. The van der Waals surface area contributed by atoms with Crippen LogP contribution in [0.25, 0.3) is 11.0 Å². The van der Waals surface area contributed by atoms with E-state index >= 15 is 0 Å². The zero-order valence-corrected chi connectivity index (χ0v) is 20.3. The predicted octanol–water partition coefficient (Wildman–Crippen LogP) is 4.74. The van der Waals surface area contributed by atoms with Gasteiger partial charge in [0.05, 0.1) is 28.6 Å². The molecule has 0 bridgehead atoms. The molecule has 0 saturated carbocycles. The average molecular weight is 490 g/mol. The molecule has 1 atom stereocenters. The number of benzene rings is 2. The van der Waals surface area contributed by atoms with Gasteiger partial charge in [-0.05, 0) is 61.9 Å². The van der Waals surface area contributed by atoms with E-state index in [0.29, 0.717) is 42.0 Å². The van der Waals surface area contributed by atoms with Gasteiger partial charge < -0.3 is 9.30 Å². The van der Waals surface area contributed by atoms with E-state index in [0.717, 1.165) is 43.0 Å². The summed E-state index contributed by atoms with van der Waals surface area (Å²) in [5.41, 5.74) is 2.77. The first kappa shape index (κ1) is 22.8. The third kappa shape index (κ3) is 4.56. The minimum atomic E-state index is -3.52. The lowest BCUT2D eigenvalue weighted by Gasteiger charge is -2.16. The second-order valence-corrected chi connectivity index (χ2v) is 11.6. The molecule has 2 aromatic carbocycles. The van der Waals surface area contributed by atoms with Crippen LogP contribution in [0, 0.1) is 12.7 Å². The normalized spacial score (nSPS) is 19.6. The number of aromatic nitrogens is 2. The summed E-state index contributed by atoms with van der Waals surface area (Å²) in [5, 5.41) is 0.747. The van der Waals surface area contributed by atoms with Crippen molar-refractivity contribution in [3.05, 3.63) is 53.3 Å². The number of ether oxygens (including phenoxy) is 1. The molecule has 2 aliphatic heterocycles. The second kappa shape index (κ2) is 9.37. The van der Waals surface area contributed by atoms with Gasteiger partial charge in [-0.1, -0.05) is 30.0 Å². The number of hydrogen-bond donors (Lipinski definition) is 0. The molecular formula is C24H28FN3O3S2. The summed E-state index contributed by atoms with van der Waals surface area (Å²) in [7, 11) is -3.52. The second-order valence-electron chi connectivity index (χ2n) is 8.74. The highest BCUT2D eigenvalue weighted by atomic mass is 32.2. The zero-order valence-electron chi connectivity index (χ0n) is 18.7. The summed E-state index contributed by atoms with van der Waals surface area (Å²) >= 11 is 1.47. The van der Waals surface area contributed by atoms with Crippen LogP contribution < -0.4 is 0 Å². The fourth-order valence-electron chi connectivity index (χ4n) is 4.57. The average Bonchev–Trinajstić information content (AvgIpc) is 3.57. The molecule has 0 spiro atoms. The smallest absolute Gasteiger partial charge is 0.243 e. The van der Waals surface area contributed by atoms with E-state index in [9.17, 15) is 12.8 Å². The van der Waals surface area contributed by atoms with E-state index in [1.165, 1.54) is 11.8 Å². The Morgan fingerprint density at radius 2 is 2.00 bits per heavy atom. The summed E-state index contributed by atoms with van der Waals surface area (Å²) in [6.45, 7) is 4.30. The van der Waals surface area contributed by atoms with Crippen molar-refractivity contribution in [1.29, 1.82) is 0 Å². The molecule has 2 aliphatic rings. The first-order valence-electron chi connectivity index (χ1n) is 11.4. The van der Waals surface area contributed by atoms with Gasteiger partial charge in [0.1, 0.15) is 5.82 Å². The maximum atomic E-state index is 14.5. The highest BCUT2D eigenvalue weighted by Crippen LogP contribution is 2.32. The maximum Gasteiger partial charge on any atom is 0.243 e. The van der Waals surface area contributed by atoms with E-state index in [2.05, 4.69) is 4.57 Å². The number of aryl methyl sites for hydroxylation is 1. The minimum absolute atomic E-state index is 0.102. The van der Waals surface area contributed by atoms with Crippen LogP contribution in [0.2, 0.25) is 0 Å². The van der Waals surface area contributed by atoms with E-state index < -0.39 is 10.0 Å². The molecule has 0 unspecified atom stereocenters. The van der Waals surface area contributed by atoms with Crippen LogP contribution in [0.15, 0.2) is 46.5 Å². The van der Waals surface area contributed by atoms with Gasteiger partial charge in [0, 0.05) is 25.4 Å². The number of imidazole rings is 1. The minimum Gasteiger partial charge on any atom is -0.376 e. The Balaban J connectivity index is 1.49. The number of thioether (sulfide) groups is 1. The van der Waals surface area contributed by atoms with Crippen molar-refractivity contribution < 1.29 is 17.5 Å². The molecule has 6 nitrogen and oxygen atoms in total. The van der Waals surface area contributed by atoms with Crippen molar-refractivity contribution in [2.45, 2.75) is 61.1 Å². The predicted molar refractivity (Wildman–Crippen MR) is 127 cm³/mol. The van der Waals surface area contributed by atoms with Gasteiger partial charge in [0.2, 0.25) is 10.0 Å². The molecule has 3 heterocycles. The number of halogens is 1. The van der Waals surface area contributed by atoms with Crippen LogP contribution in [-0.2, 0) is 27.1 Å². The number of hydrogen-bond acceptors (Lipinski definition) is 5. The molecule has 9 heteroatoms. The molecule has 1 aromatic heterocycles. The molecule has 0 amide bonds. The van der Waals surface area contributed by atoms with Crippen molar-refractivity contribution in [1.82, 2.24) is 13.9 Å². The molecule has 0 N–H and O–H groups in total. The number of rotatable bonds is 7. The Kier molecular flexibility index (Phi) is 6.48. The topological polar surface area (TPSA) is 64.4 Å². The molecule has 33 heavy (non-hydrogen) atoms. The van der Waals surface area contributed by atoms with Crippen molar-refractivity contribution in [3.8, 4) is 0 Å². The number of fused-ring (bicyclic) bond motifs is 1. The van der Waals surface area contributed by atoms with E-state index in [1.807, 2.05) is 12.1 Å². The number of nitrogens with zero attached hydrogens (tertiary/aromatic N) is 3. The summed E-state index contributed by atoms with van der Waals surface area (Å²) in [6.07, 6.45) is 3.91. The quantitative estimate of drug-likeness (QED) is 0.449. The molecule has 2 fully saturated rings. The van der Waals surface area contributed by atoms with Crippen LogP contribution in [0.1, 0.15) is 36.8 Å². The van der Waals surface area contributed by atoms with Gasteiger partial charge in [-0.25, -0.2) is 17.8 Å². The third-order valence-electron chi connectivity index (χ3n) is 6.43. The van der Waals surface area contributed by atoms with Gasteiger partial charge in [0.15, 0.2) is 5.16 Å². The highest BCUT2D eigenvalue weighted by Gasteiger charge is 2.28. The molecule has 5 rings (SSSR count). The van der Waals surface area contributed by atoms with Gasteiger partial charge >= 0.3 is 0 Å².